The van der Waals surface area contributed by atoms with Gasteiger partial charge in [0, 0.05) is 23.9 Å². The van der Waals surface area contributed by atoms with E-state index in [1.54, 1.807) is 23.6 Å². The average Bonchev–Trinajstić information content (AvgIpc) is 3.27. The zero-order valence-corrected chi connectivity index (χ0v) is 21.2. The molecule has 0 aliphatic carbocycles. The van der Waals surface area contributed by atoms with Gasteiger partial charge in [0.15, 0.2) is 0 Å². The van der Waals surface area contributed by atoms with Gasteiger partial charge in [-0.05, 0) is 58.3 Å². The van der Waals surface area contributed by atoms with Crippen molar-refractivity contribution in [2.24, 2.45) is 17.3 Å². The van der Waals surface area contributed by atoms with Crippen molar-refractivity contribution in [3.05, 3.63) is 0 Å². The zero-order chi connectivity index (χ0) is 23.9. The van der Waals surface area contributed by atoms with Crippen LogP contribution in [0.3, 0.4) is 0 Å². The summed E-state index contributed by atoms with van der Waals surface area (Å²) in [5.41, 5.74) is -0.384. The van der Waals surface area contributed by atoms with Gasteiger partial charge in [-0.25, -0.2) is 0 Å². The van der Waals surface area contributed by atoms with Gasteiger partial charge < -0.3 is 20.1 Å². The molecule has 0 aromatic carbocycles. The first-order valence-electron chi connectivity index (χ1n) is 11.9. The SMILES string of the molecule is CCOC(=O)[C@@H]1[C@@H]2CCC3(S2)C(C(=O)NC(C)(C)CC(C)(C)C)N(CCCCO)C(=O)[C@H]13. The number of nitrogens with zero attached hydrogens (tertiary/aromatic N) is 1. The second-order valence-electron chi connectivity index (χ2n) is 11.4. The van der Waals surface area contributed by atoms with Crippen molar-refractivity contribution in [3.8, 4) is 0 Å². The lowest BCUT2D eigenvalue weighted by molar-refractivity contribution is -0.153. The minimum Gasteiger partial charge on any atom is -0.466 e. The van der Waals surface area contributed by atoms with Gasteiger partial charge in [-0.15, -0.1) is 11.8 Å². The number of ether oxygens (including phenoxy) is 1. The minimum absolute atomic E-state index is 0.0282. The Labute approximate surface area is 196 Å². The maximum absolute atomic E-state index is 13.8. The van der Waals surface area contributed by atoms with Crippen LogP contribution in [0.15, 0.2) is 0 Å². The van der Waals surface area contributed by atoms with Crippen LogP contribution in [0.25, 0.3) is 0 Å². The average molecular weight is 469 g/mol. The van der Waals surface area contributed by atoms with Gasteiger partial charge in [-0.3, -0.25) is 14.4 Å². The van der Waals surface area contributed by atoms with Crippen LogP contribution in [-0.2, 0) is 19.1 Å². The van der Waals surface area contributed by atoms with Crippen LogP contribution in [0.1, 0.15) is 73.6 Å². The molecule has 32 heavy (non-hydrogen) atoms. The molecule has 1 spiro atoms. The molecule has 3 aliphatic heterocycles. The number of esters is 1. The molecule has 2 N–H and O–H groups in total. The first-order chi connectivity index (χ1) is 14.9. The predicted octanol–water partition coefficient (Wildman–Crippen LogP) is 2.74. The zero-order valence-electron chi connectivity index (χ0n) is 20.4. The number of fused-ring (bicyclic) bond motifs is 1. The monoisotopic (exact) mass is 468 g/mol. The lowest BCUT2D eigenvalue weighted by Crippen LogP contribution is -2.58. The Morgan fingerprint density at radius 1 is 1.25 bits per heavy atom. The molecule has 2 unspecified atom stereocenters. The Morgan fingerprint density at radius 3 is 2.53 bits per heavy atom. The van der Waals surface area contributed by atoms with E-state index in [9.17, 15) is 19.5 Å². The highest BCUT2D eigenvalue weighted by Crippen LogP contribution is 2.66. The molecule has 3 rings (SSSR count). The van der Waals surface area contributed by atoms with Crippen molar-refractivity contribution in [1.82, 2.24) is 10.2 Å². The number of rotatable bonds is 9. The van der Waals surface area contributed by atoms with E-state index in [4.69, 9.17) is 4.74 Å². The van der Waals surface area contributed by atoms with Crippen molar-refractivity contribution in [3.63, 3.8) is 0 Å². The molecule has 3 heterocycles. The summed E-state index contributed by atoms with van der Waals surface area (Å²) in [5.74, 6) is -1.54. The number of likely N-dealkylation sites (tertiary alicyclic amines) is 1. The number of amides is 2. The molecule has 5 atom stereocenters. The quantitative estimate of drug-likeness (QED) is 0.399. The fraction of sp³-hybridized carbons (Fsp3) is 0.875. The van der Waals surface area contributed by atoms with Crippen molar-refractivity contribution >= 4 is 29.5 Å². The van der Waals surface area contributed by atoms with E-state index in [1.807, 2.05) is 13.8 Å². The summed E-state index contributed by atoms with van der Waals surface area (Å²) in [6, 6.07) is -0.604. The van der Waals surface area contributed by atoms with Crippen LogP contribution < -0.4 is 5.32 Å². The lowest BCUT2D eigenvalue weighted by Gasteiger charge is -2.38. The first-order valence-corrected chi connectivity index (χ1v) is 12.8. The standard InChI is InChI=1S/C24H40N2O5S/c1-7-31-21(30)16-15-10-11-24(32-15)17(16)20(29)26(12-8-9-13-27)18(24)19(28)25-23(5,6)14-22(2,3)4/h15-18,27H,7-14H2,1-6H3,(H,25,28)/t15-,16+,17-,18?,24?/m0/s1. The fourth-order valence-electron chi connectivity index (χ4n) is 6.37. The van der Waals surface area contributed by atoms with Crippen LogP contribution >= 0.6 is 11.8 Å². The number of carbonyl (C=O) groups is 3. The molecule has 182 valence electrons. The molecule has 3 fully saturated rings. The van der Waals surface area contributed by atoms with E-state index >= 15 is 0 Å². The van der Waals surface area contributed by atoms with Crippen molar-refractivity contribution in [2.75, 3.05) is 19.8 Å². The molecule has 2 bridgehead atoms. The highest BCUT2D eigenvalue weighted by molar-refractivity contribution is 8.02. The van der Waals surface area contributed by atoms with Crippen LogP contribution in [0, 0.1) is 17.3 Å². The number of hydrogen-bond donors (Lipinski definition) is 2. The summed E-state index contributed by atoms with van der Waals surface area (Å²) < 4.78 is 4.76. The number of aliphatic hydroxyl groups is 1. The van der Waals surface area contributed by atoms with E-state index in [0.29, 0.717) is 19.4 Å². The normalized spacial score (nSPS) is 31.7. The van der Waals surface area contributed by atoms with Crippen LogP contribution in [0.5, 0.6) is 0 Å². The van der Waals surface area contributed by atoms with Gasteiger partial charge in [-0.2, -0.15) is 0 Å². The molecular weight excluding hydrogens is 428 g/mol. The maximum atomic E-state index is 13.8. The van der Waals surface area contributed by atoms with Gasteiger partial charge in [0.05, 0.1) is 23.2 Å². The van der Waals surface area contributed by atoms with Gasteiger partial charge in [-0.1, -0.05) is 20.8 Å². The molecule has 0 aromatic heterocycles. The minimum atomic E-state index is -0.604. The maximum Gasteiger partial charge on any atom is 0.310 e. The summed E-state index contributed by atoms with van der Waals surface area (Å²) in [4.78, 5) is 41.9. The third-order valence-electron chi connectivity index (χ3n) is 6.85. The van der Waals surface area contributed by atoms with Crippen LogP contribution in [0.4, 0.5) is 0 Å². The topological polar surface area (TPSA) is 95.9 Å². The number of aliphatic hydroxyl groups excluding tert-OH is 1. The van der Waals surface area contributed by atoms with Crippen LogP contribution in [-0.4, -0.2) is 69.1 Å². The molecule has 0 radical (unpaired) electrons. The van der Waals surface area contributed by atoms with E-state index < -0.39 is 28.2 Å². The molecule has 2 amide bonds. The third kappa shape index (κ3) is 4.67. The number of hydrogen-bond acceptors (Lipinski definition) is 6. The summed E-state index contributed by atoms with van der Waals surface area (Å²) in [7, 11) is 0. The molecule has 0 saturated carbocycles. The van der Waals surface area contributed by atoms with Gasteiger partial charge >= 0.3 is 5.97 Å². The van der Waals surface area contributed by atoms with Crippen molar-refractivity contribution < 1.29 is 24.2 Å². The number of nitrogens with one attached hydrogen (secondary N) is 1. The Hall–Kier alpha value is -1.28. The Bertz CT molecular complexity index is 749. The van der Waals surface area contributed by atoms with Crippen LogP contribution in [0.2, 0.25) is 0 Å². The Morgan fingerprint density at radius 2 is 1.94 bits per heavy atom. The third-order valence-corrected chi connectivity index (χ3v) is 8.80. The number of carbonyl (C=O) groups excluding carboxylic acids is 3. The predicted molar refractivity (Wildman–Crippen MR) is 125 cm³/mol. The van der Waals surface area contributed by atoms with Gasteiger partial charge in [0.25, 0.3) is 0 Å². The Balaban J connectivity index is 1.92. The summed E-state index contributed by atoms with van der Waals surface area (Å²) in [6.07, 6.45) is 3.57. The second-order valence-corrected chi connectivity index (χ2v) is 13.0. The highest BCUT2D eigenvalue weighted by Gasteiger charge is 2.73. The second kappa shape index (κ2) is 9.16. The molecule has 7 nitrogen and oxygen atoms in total. The molecule has 0 aromatic rings. The van der Waals surface area contributed by atoms with E-state index in [2.05, 4.69) is 26.1 Å². The molecule has 3 aliphatic rings. The van der Waals surface area contributed by atoms with Crippen molar-refractivity contribution in [2.45, 2.75) is 95.2 Å². The molecular formula is C24H40N2O5S. The van der Waals surface area contributed by atoms with Crippen molar-refractivity contribution in [1.29, 1.82) is 0 Å². The lowest BCUT2D eigenvalue weighted by atomic mass is 9.71. The van der Waals surface area contributed by atoms with Gasteiger partial charge in [0.1, 0.15) is 6.04 Å². The smallest absolute Gasteiger partial charge is 0.310 e. The van der Waals surface area contributed by atoms with E-state index in [1.165, 1.54) is 0 Å². The number of unbranched alkanes of at least 4 members (excludes halogenated alkanes) is 1. The van der Waals surface area contributed by atoms with Gasteiger partial charge in [0.2, 0.25) is 11.8 Å². The summed E-state index contributed by atoms with van der Waals surface area (Å²) >= 11 is 1.66. The summed E-state index contributed by atoms with van der Waals surface area (Å²) in [6.45, 7) is 13.0. The fourth-order valence-corrected chi connectivity index (χ4v) is 8.57. The Kier molecular flexibility index (Phi) is 7.26. The number of thioether (sulfide) groups is 1. The van der Waals surface area contributed by atoms with E-state index in [-0.39, 0.29) is 41.7 Å². The first kappa shape index (κ1) is 25.3. The largest absolute Gasteiger partial charge is 0.466 e. The highest BCUT2D eigenvalue weighted by atomic mass is 32.2. The van der Waals surface area contributed by atoms with E-state index in [0.717, 1.165) is 19.3 Å². The molecule has 3 saturated heterocycles. The summed E-state index contributed by atoms with van der Waals surface area (Å²) in [5, 5.41) is 12.5. The molecule has 8 heteroatoms.